The molecule has 1 saturated heterocycles. The third kappa shape index (κ3) is 5.09. The molecule has 1 aliphatic heterocycles. The molecule has 0 aliphatic carbocycles. The van der Waals surface area contributed by atoms with E-state index in [1.807, 2.05) is 0 Å². The quantitative estimate of drug-likeness (QED) is 0.675. The van der Waals surface area contributed by atoms with E-state index in [-0.39, 0.29) is 30.0 Å². The number of hydrogen-bond acceptors (Lipinski definition) is 7. The first-order valence-electron chi connectivity index (χ1n) is 9.49. The normalized spacial score (nSPS) is 14.3. The van der Waals surface area contributed by atoms with Crippen molar-refractivity contribution < 1.29 is 23.9 Å². The number of nitrogens with one attached hydrogen (secondary N) is 1. The lowest BCUT2D eigenvalue weighted by Crippen LogP contribution is -2.41. The number of likely N-dealkylation sites (tertiary alicyclic amines) is 1. The van der Waals surface area contributed by atoms with E-state index < -0.39 is 5.97 Å². The number of halogens is 1. The molecule has 1 aromatic heterocycles. The van der Waals surface area contributed by atoms with Crippen LogP contribution < -0.4 is 10.1 Å². The van der Waals surface area contributed by atoms with Gasteiger partial charge in [0.15, 0.2) is 10.8 Å². The van der Waals surface area contributed by atoms with Crippen LogP contribution in [0.25, 0.3) is 0 Å². The van der Waals surface area contributed by atoms with Crippen molar-refractivity contribution >= 4 is 45.9 Å². The number of ether oxygens (including phenoxy) is 2. The highest BCUT2D eigenvalue weighted by molar-refractivity contribution is 7.14. The SMILES string of the molecule is CCOC(=O)c1csc(NC(=O)C2CCN(C(=O)c3cc(Cl)ccc3OC)CC2)n1. The number of esters is 1. The molecule has 160 valence electrons. The van der Waals surface area contributed by atoms with Crippen LogP contribution in [0.1, 0.15) is 40.6 Å². The number of aromatic nitrogens is 1. The zero-order chi connectivity index (χ0) is 21.7. The van der Waals surface area contributed by atoms with Crippen molar-refractivity contribution in [3.05, 3.63) is 39.9 Å². The molecule has 0 atom stereocenters. The highest BCUT2D eigenvalue weighted by atomic mass is 35.5. The molecule has 0 saturated carbocycles. The van der Waals surface area contributed by atoms with Gasteiger partial charge < -0.3 is 19.7 Å². The number of methoxy groups -OCH3 is 1. The third-order valence-electron chi connectivity index (χ3n) is 4.76. The fourth-order valence-corrected chi connectivity index (χ4v) is 4.05. The van der Waals surface area contributed by atoms with Gasteiger partial charge in [-0.1, -0.05) is 11.6 Å². The number of carbonyl (C=O) groups excluding carboxylic acids is 3. The average Bonchev–Trinajstić information content (AvgIpc) is 3.22. The minimum absolute atomic E-state index is 0.174. The molecule has 0 unspecified atom stereocenters. The van der Waals surface area contributed by atoms with Crippen LogP contribution in [0.2, 0.25) is 5.02 Å². The van der Waals surface area contributed by atoms with Crippen LogP contribution in [0.5, 0.6) is 5.75 Å². The maximum absolute atomic E-state index is 12.9. The lowest BCUT2D eigenvalue weighted by atomic mass is 9.95. The Kier molecular flexibility index (Phi) is 7.28. The lowest BCUT2D eigenvalue weighted by Gasteiger charge is -2.31. The van der Waals surface area contributed by atoms with Crippen molar-refractivity contribution in [3.8, 4) is 5.75 Å². The number of rotatable bonds is 6. The summed E-state index contributed by atoms with van der Waals surface area (Å²) in [4.78, 5) is 42.9. The largest absolute Gasteiger partial charge is 0.496 e. The molecule has 2 aromatic rings. The number of carbonyl (C=O) groups is 3. The van der Waals surface area contributed by atoms with E-state index in [0.29, 0.717) is 47.4 Å². The summed E-state index contributed by atoms with van der Waals surface area (Å²) in [7, 11) is 1.50. The van der Waals surface area contributed by atoms with Crippen LogP contribution in [0.4, 0.5) is 5.13 Å². The highest BCUT2D eigenvalue weighted by Crippen LogP contribution is 2.27. The summed E-state index contributed by atoms with van der Waals surface area (Å²) < 4.78 is 10.2. The molecule has 2 amide bonds. The van der Waals surface area contributed by atoms with E-state index in [9.17, 15) is 14.4 Å². The summed E-state index contributed by atoms with van der Waals surface area (Å²) in [6.45, 7) is 2.86. The second-order valence-electron chi connectivity index (χ2n) is 6.66. The van der Waals surface area contributed by atoms with Crippen LogP contribution in [0, 0.1) is 5.92 Å². The van der Waals surface area contributed by atoms with E-state index in [1.54, 1.807) is 35.4 Å². The fraction of sp³-hybridized carbons (Fsp3) is 0.400. The minimum atomic E-state index is -0.516. The van der Waals surface area contributed by atoms with Crippen molar-refractivity contribution in [1.82, 2.24) is 9.88 Å². The van der Waals surface area contributed by atoms with Crippen molar-refractivity contribution in [1.29, 1.82) is 0 Å². The molecule has 0 bridgehead atoms. The van der Waals surface area contributed by atoms with Gasteiger partial charge in [-0.25, -0.2) is 9.78 Å². The molecule has 2 heterocycles. The Labute approximate surface area is 183 Å². The number of piperidine rings is 1. The second kappa shape index (κ2) is 9.90. The van der Waals surface area contributed by atoms with Gasteiger partial charge in [-0.3, -0.25) is 9.59 Å². The Morgan fingerprint density at radius 3 is 2.70 bits per heavy atom. The maximum atomic E-state index is 12.9. The van der Waals surface area contributed by atoms with Gasteiger partial charge in [-0.2, -0.15) is 0 Å². The lowest BCUT2D eigenvalue weighted by molar-refractivity contribution is -0.121. The smallest absolute Gasteiger partial charge is 0.357 e. The van der Waals surface area contributed by atoms with E-state index in [4.69, 9.17) is 21.1 Å². The molecule has 1 N–H and O–H groups in total. The predicted octanol–water partition coefficient (Wildman–Crippen LogP) is 3.47. The van der Waals surface area contributed by atoms with Gasteiger partial charge in [0.1, 0.15) is 5.75 Å². The van der Waals surface area contributed by atoms with Crippen LogP contribution in [-0.4, -0.2) is 54.5 Å². The van der Waals surface area contributed by atoms with Crippen LogP contribution in [0.3, 0.4) is 0 Å². The Bertz CT molecular complexity index is 940. The summed E-state index contributed by atoms with van der Waals surface area (Å²) in [6.07, 6.45) is 1.05. The Morgan fingerprint density at radius 2 is 2.03 bits per heavy atom. The number of benzene rings is 1. The molecule has 1 aliphatic rings. The first-order valence-corrected chi connectivity index (χ1v) is 10.7. The van der Waals surface area contributed by atoms with Crippen molar-refractivity contribution in [2.75, 3.05) is 32.1 Å². The molecular weight excluding hydrogens is 430 g/mol. The highest BCUT2D eigenvalue weighted by Gasteiger charge is 2.29. The van der Waals surface area contributed by atoms with E-state index >= 15 is 0 Å². The van der Waals surface area contributed by atoms with Gasteiger partial charge in [0.05, 0.1) is 19.3 Å². The number of thiazole rings is 1. The fourth-order valence-electron chi connectivity index (χ4n) is 3.20. The van der Waals surface area contributed by atoms with Gasteiger partial charge in [0.25, 0.3) is 5.91 Å². The summed E-state index contributed by atoms with van der Waals surface area (Å²) in [5.74, 6) is -0.646. The van der Waals surface area contributed by atoms with Crippen molar-refractivity contribution in [2.24, 2.45) is 5.92 Å². The van der Waals surface area contributed by atoms with Crippen molar-refractivity contribution in [3.63, 3.8) is 0 Å². The van der Waals surface area contributed by atoms with Gasteiger partial charge in [-0.05, 0) is 38.0 Å². The number of nitrogens with zero attached hydrogens (tertiary/aromatic N) is 2. The van der Waals surface area contributed by atoms with E-state index in [1.165, 1.54) is 18.4 Å². The molecule has 1 aromatic carbocycles. The number of amides is 2. The monoisotopic (exact) mass is 451 g/mol. The Morgan fingerprint density at radius 1 is 1.30 bits per heavy atom. The second-order valence-corrected chi connectivity index (χ2v) is 7.95. The summed E-state index contributed by atoms with van der Waals surface area (Å²) >= 11 is 7.19. The van der Waals surface area contributed by atoms with Gasteiger partial charge in [0, 0.05) is 29.4 Å². The third-order valence-corrected chi connectivity index (χ3v) is 5.76. The Balaban J connectivity index is 1.56. The minimum Gasteiger partial charge on any atom is -0.496 e. The number of hydrogen-bond donors (Lipinski definition) is 1. The summed E-state index contributed by atoms with van der Waals surface area (Å²) in [6, 6.07) is 4.92. The van der Waals surface area contributed by atoms with Gasteiger partial charge in [-0.15, -0.1) is 11.3 Å². The molecule has 0 radical (unpaired) electrons. The summed E-state index contributed by atoms with van der Waals surface area (Å²) in [5.41, 5.74) is 0.579. The molecule has 1 fully saturated rings. The first kappa shape index (κ1) is 22.0. The molecular formula is C20H22ClN3O5S. The molecule has 3 rings (SSSR count). The zero-order valence-electron chi connectivity index (χ0n) is 16.6. The predicted molar refractivity (Wildman–Crippen MR) is 113 cm³/mol. The average molecular weight is 452 g/mol. The number of anilines is 1. The zero-order valence-corrected chi connectivity index (χ0v) is 18.2. The molecule has 8 nitrogen and oxygen atoms in total. The Hall–Kier alpha value is -2.65. The van der Waals surface area contributed by atoms with E-state index in [0.717, 1.165) is 0 Å². The maximum Gasteiger partial charge on any atom is 0.357 e. The van der Waals surface area contributed by atoms with E-state index in [2.05, 4.69) is 10.3 Å². The van der Waals surface area contributed by atoms with Crippen LogP contribution >= 0.6 is 22.9 Å². The molecule has 30 heavy (non-hydrogen) atoms. The summed E-state index contributed by atoms with van der Waals surface area (Å²) in [5, 5.41) is 5.11. The van der Waals surface area contributed by atoms with Gasteiger partial charge in [0.2, 0.25) is 5.91 Å². The standard InChI is InChI=1S/C20H22ClN3O5S/c1-3-29-19(27)15-11-30-20(22-15)23-17(25)12-6-8-24(9-7-12)18(26)14-10-13(21)4-5-16(14)28-2/h4-5,10-12H,3,6-9H2,1-2H3,(H,22,23,25). The van der Waals surface area contributed by atoms with Crippen LogP contribution in [-0.2, 0) is 9.53 Å². The van der Waals surface area contributed by atoms with Crippen molar-refractivity contribution in [2.45, 2.75) is 19.8 Å². The topological polar surface area (TPSA) is 97.8 Å². The van der Waals surface area contributed by atoms with Gasteiger partial charge >= 0.3 is 5.97 Å². The molecule has 10 heteroatoms. The first-order chi connectivity index (χ1) is 14.4. The molecule has 0 spiro atoms. The van der Waals surface area contributed by atoms with Crippen LogP contribution in [0.15, 0.2) is 23.6 Å².